The number of fused-ring (bicyclic) bond motifs is 1. The standard InChI is InChI=1S/C20H16ClN5O2S/c1-25(29(27,28)19-6-2-5-17(21)10-19)24-13-18-12-23-20-8-7-16(14-26(18)20)15-4-3-9-22-11-15/h2-14H,1H3/b24-13+. The summed E-state index contributed by atoms with van der Waals surface area (Å²) in [6.07, 6.45) is 8.48. The van der Waals surface area contributed by atoms with Gasteiger partial charge in [0.2, 0.25) is 0 Å². The molecule has 0 aliphatic rings. The number of hydrazone groups is 1. The van der Waals surface area contributed by atoms with Gasteiger partial charge in [0.15, 0.2) is 0 Å². The summed E-state index contributed by atoms with van der Waals surface area (Å²) in [5.74, 6) is 0. The van der Waals surface area contributed by atoms with Gasteiger partial charge in [-0.3, -0.25) is 9.38 Å². The fraction of sp³-hybridized carbons (Fsp3) is 0.0500. The van der Waals surface area contributed by atoms with E-state index in [1.54, 1.807) is 30.7 Å². The molecule has 1 aromatic carbocycles. The Hall–Kier alpha value is -3.23. The van der Waals surface area contributed by atoms with E-state index in [4.69, 9.17) is 11.6 Å². The van der Waals surface area contributed by atoms with Crippen molar-refractivity contribution in [2.75, 3.05) is 7.05 Å². The summed E-state index contributed by atoms with van der Waals surface area (Å²) in [5, 5.41) is 4.44. The molecule has 0 amide bonds. The summed E-state index contributed by atoms with van der Waals surface area (Å²) in [5.41, 5.74) is 3.28. The molecular formula is C20H16ClN5O2S. The molecule has 0 unspecified atom stereocenters. The van der Waals surface area contributed by atoms with Crippen LogP contribution in [0.5, 0.6) is 0 Å². The van der Waals surface area contributed by atoms with Crippen LogP contribution in [0.1, 0.15) is 5.69 Å². The molecule has 3 heterocycles. The summed E-state index contributed by atoms with van der Waals surface area (Å²) in [4.78, 5) is 8.54. The van der Waals surface area contributed by atoms with Crippen LogP contribution >= 0.6 is 11.6 Å². The molecule has 4 aromatic rings. The third-order valence-electron chi connectivity index (χ3n) is 4.32. The topological polar surface area (TPSA) is 79.9 Å². The van der Waals surface area contributed by atoms with Crippen LogP contribution in [0, 0.1) is 0 Å². The summed E-state index contributed by atoms with van der Waals surface area (Å²) in [7, 11) is -2.43. The third kappa shape index (κ3) is 3.85. The van der Waals surface area contributed by atoms with Gasteiger partial charge >= 0.3 is 0 Å². The van der Waals surface area contributed by atoms with Crippen LogP contribution in [-0.4, -0.2) is 40.5 Å². The molecule has 0 fully saturated rings. The van der Waals surface area contributed by atoms with Crippen molar-refractivity contribution in [1.29, 1.82) is 0 Å². The molecule has 9 heteroatoms. The van der Waals surface area contributed by atoms with Crippen LogP contribution in [0.2, 0.25) is 5.02 Å². The maximum Gasteiger partial charge on any atom is 0.278 e. The minimum Gasteiger partial charge on any atom is -0.298 e. The number of sulfonamides is 1. The van der Waals surface area contributed by atoms with Crippen LogP contribution in [-0.2, 0) is 10.0 Å². The lowest BCUT2D eigenvalue weighted by Crippen LogP contribution is -2.22. The maximum atomic E-state index is 12.7. The van der Waals surface area contributed by atoms with Gasteiger partial charge in [-0.25, -0.2) is 4.98 Å². The highest BCUT2D eigenvalue weighted by molar-refractivity contribution is 7.89. The molecule has 0 N–H and O–H groups in total. The zero-order chi connectivity index (χ0) is 20.4. The Kier molecular flexibility index (Phi) is 5.04. The molecule has 0 radical (unpaired) electrons. The van der Waals surface area contributed by atoms with Gasteiger partial charge in [-0.05, 0) is 36.4 Å². The van der Waals surface area contributed by atoms with E-state index in [0.29, 0.717) is 10.7 Å². The van der Waals surface area contributed by atoms with Gasteiger partial charge in [-0.1, -0.05) is 23.7 Å². The van der Waals surface area contributed by atoms with Gasteiger partial charge < -0.3 is 0 Å². The first-order valence-corrected chi connectivity index (χ1v) is 10.4. The van der Waals surface area contributed by atoms with E-state index >= 15 is 0 Å². The number of imidazole rings is 1. The average Bonchev–Trinajstić information content (AvgIpc) is 3.14. The second-order valence-electron chi connectivity index (χ2n) is 6.21. The van der Waals surface area contributed by atoms with E-state index in [2.05, 4.69) is 15.1 Å². The van der Waals surface area contributed by atoms with Crippen molar-refractivity contribution in [3.8, 4) is 11.1 Å². The van der Waals surface area contributed by atoms with Gasteiger partial charge in [0, 0.05) is 41.8 Å². The molecule has 3 aromatic heterocycles. The Morgan fingerprint density at radius 2 is 1.97 bits per heavy atom. The highest BCUT2D eigenvalue weighted by atomic mass is 35.5. The minimum absolute atomic E-state index is 0.0710. The zero-order valence-corrected chi connectivity index (χ0v) is 16.9. The van der Waals surface area contributed by atoms with Crippen molar-refractivity contribution >= 4 is 33.5 Å². The summed E-state index contributed by atoms with van der Waals surface area (Å²) in [6, 6.07) is 13.7. The van der Waals surface area contributed by atoms with Gasteiger partial charge in [0.05, 0.1) is 23.0 Å². The van der Waals surface area contributed by atoms with Crippen molar-refractivity contribution in [3.63, 3.8) is 0 Å². The largest absolute Gasteiger partial charge is 0.298 e. The highest BCUT2D eigenvalue weighted by Crippen LogP contribution is 2.20. The molecule has 29 heavy (non-hydrogen) atoms. The van der Waals surface area contributed by atoms with Crippen molar-refractivity contribution in [3.05, 3.63) is 84.0 Å². The molecule has 0 saturated heterocycles. The molecular weight excluding hydrogens is 410 g/mol. The summed E-state index contributed by atoms with van der Waals surface area (Å²) < 4.78 is 28.1. The predicted octanol–water partition coefficient (Wildman–Crippen LogP) is 3.70. The van der Waals surface area contributed by atoms with E-state index in [-0.39, 0.29) is 4.90 Å². The summed E-state index contributed by atoms with van der Waals surface area (Å²) >= 11 is 5.91. The van der Waals surface area contributed by atoms with Crippen LogP contribution in [0.4, 0.5) is 0 Å². The molecule has 0 aliphatic heterocycles. The Bertz CT molecular complexity index is 1300. The van der Waals surface area contributed by atoms with Gasteiger partial charge in [-0.2, -0.15) is 17.9 Å². The van der Waals surface area contributed by atoms with E-state index in [0.717, 1.165) is 21.2 Å². The first kappa shape index (κ1) is 19.1. The van der Waals surface area contributed by atoms with Crippen molar-refractivity contribution in [2.45, 2.75) is 4.90 Å². The zero-order valence-electron chi connectivity index (χ0n) is 15.3. The lowest BCUT2D eigenvalue weighted by atomic mass is 10.1. The molecule has 7 nitrogen and oxygen atoms in total. The number of hydrogen-bond acceptors (Lipinski definition) is 5. The molecule has 4 rings (SSSR count). The second-order valence-corrected chi connectivity index (χ2v) is 8.60. The van der Waals surface area contributed by atoms with Gasteiger partial charge in [-0.15, -0.1) is 0 Å². The van der Waals surface area contributed by atoms with Crippen molar-refractivity contribution in [2.24, 2.45) is 5.10 Å². The first-order valence-electron chi connectivity index (χ1n) is 8.61. The lowest BCUT2D eigenvalue weighted by Gasteiger charge is -2.13. The molecule has 0 saturated carbocycles. The summed E-state index contributed by atoms with van der Waals surface area (Å²) in [6.45, 7) is 0. The Morgan fingerprint density at radius 3 is 2.72 bits per heavy atom. The van der Waals surface area contributed by atoms with Crippen LogP contribution in [0.15, 0.2) is 83.3 Å². The van der Waals surface area contributed by atoms with Crippen LogP contribution in [0.25, 0.3) is 16.8 Å². The smallest absolute Gasteiger partial charge is 0.278 e. The number of halogens is 1. The Labute approximate surface area is 173 Å². The van der Waals surface area contributed by atoms with Gasteiger partial charge in [0.1, 0.15) is 5.65 Å². The Morgan fingerprint density at radius 1 is 1.10 bits per heavy atom. The number of rotatable bonds is 5. The molecule has 0 atom stereocenters. The minimum atomic E-state index is -3.81. The fourth-order valence-corrected chi connectivity index (χ4v) is 4.04. The monoisotopic (exact) mass is 425 g/mol. The van der Waals surface area contributed by atoms with E-state index in [1.165, 1.54) is 25.4 Å². The maximum absolute atomic E-state index is 12.7. The number of hydrogen-bond donors (Lipinski definition) is 0. The fourth-order valence-electron chi connectivity index (χ4n) is 2.78. The van der Waals surface area contributed by atoms with E-state index < -0.39 is 10.0 Å². The van der Waals surface area contributed by atoms with Crippen molar-refractivity contribution < 1.29 is 8.42 Å². The first-order chi connectivity index (χ1) is 13.9. The number of benzene rings is 1. The molecule has 0 bridgehead atoms. The Balaban J connectivity index is 1.66. The average molecular weight is 426 g/mol. The number of nitrogens with zero attached hydrogens (tertiary/aromatic N) is 5. The van der Waals surface area contributed by atoms with E-state index in [1.807, 2.05) is 34.9 Å². The van der Waals surface area contributed by atoms with E-state index in [9.17, 15) is 8.42 Å². The normalized spacial score (nSPS) is 11.9. The van der Waals surface area contributed by atoms with Crippen LogP contribution in [0.3, 0.4) is 0 Å². The van der Waals surface area contributed by atoms with Crippen LogP contribution < -0.4 is 0 Å². The highest BCUT2D eigenvalue weighted by Gasteiger charge is 2.19. The predicted molar refractivity (Wildman–Crippen MR) is 112 cm³/mol. The van der Waals surface area contributed by atoms with Gasteiger partial charge in [0.25, 0.3) is 10.0 Å². The van der Waals surface area contributed by atoms with Crippen molar-refractivity contribution in [1.82, 2.24) is 18.8 Å². The number of pyridine rings is 2. The lowest BCUT2D eigenvalue weighted by molar-refractivity contribution is 0.491. The third-order valence-corrected chi connectivity index (χ3v) is 6.20. The second kappa shape index (κ2) is 7.65. The number of aromatic nitrogens is 3. The quantitative estimate of drug-likeness (QED) is 0.360. The molecule has 146 valence electrons. The SMILES string of the molecule is CN(/N=C/c1cnc2ccc(-c3cccnc3)cn12)S(=O)(=O)c1cccc(Cl)c1. The molecule has 0 spiro atoms. The molecule has 0 aliphatic carbocycles.